The largest absolute Gasteiger partial charge is 0.322 e. The molecule has 0 saturated carbocycles. The van der Waals surface area contributed by atoms with Gasteiger partial charge in [-0.05, 0) is 59.7 Å². The summed E-state index contributed by atoms with van der Waals surface area (Å²) in [5.74, 6) is 0.387. The van der Waals surface area contributed by atoms with Gasteiger partial charge in [0.1, 0.15) is 5.37 Å². The Bertz CT molecular complexity index is 1060. The van der Waals surface area contributed by atoms with Crippen molar-refractivity contribution < 1.29 is 9.59 Å². The molecule has 1 N–H and O–H groups in total. The van der Waals surface area contributed by atoms with Gasteiger partial charge in [-0.2, -0.15) is 0 Å². The number of carbonyl (C=O) groups excluding carboxylic acids is 2. The predicted molar refractivity (Wildman–Crippen MR) is 126 cm³/mol. The predicted octanol–water partition coefficient (Wildman–Crippen LogP) is 6.13. The summed E-state index contributed by atoms with van der Waals surface area (Å²) in [7, 11) is 0. The molecule has 0 spiro atoms. The van der Waals surface area contributed by atoms with E-state index in [0.29, 0.717) is 22.9 Å². The van der Waals surface area contributed by atoms with Gasteiger partial charge in [0.25, 0.3) is 5.91 Å². The van der Waals surface area contributed by atoms with Crippen molar-refractivity contribution in [1.29, 1.82) is 0 Å². The molecule has 0 bridgehead atoms. The number of halogens is 2. The van der Waals surface area contributed by atoms with Gasteiger partial charge in [0.05, 0.1) is 5.75 Å². The average Bonchev–Trinajstić information content (AvgIpc) is 3.11. The van der Waals surface area contributed by atoms with Crippen LogP contribution in [0.5, 0.6) is 0 Å². The maximum atomic E-state index is 12.5. The molecule has 0 aromatic heterocycles. The van der Waals surface area contributed by atoms with Gasteiger partial charge in [-0.1, -0.05) is 51.8 Å². The third-order valence-electron chi connectivity index (χ3n) is 4.79. The van der Waals surface area contributed by atoms with Crippen molar-refractivity contribution in [2.45, 2.75) is 11.9 Å². The maximum absolute atomic E-state index is 12.5. The summed E-state index contributed by atoms with van der Waals surface area (Å²) in [5.41, 5.74) is 3.34. The van der Waals surface area contributed by atoms with Gasteiger partial charge >= 0.3 is 0 Å². The number of thioether (sulfide) groups is 1. The molecule has 4 rings (SSSR count). The number of carbonyl (C=O) groups is 2. The lowest BCUT2D eigenvalue weighted by Crippen LogP contribution is -2.27. The highest BCUT2D eigenvalue weighted by Crippen LogP contribution is 2.39. The van der Waals surface area contributed by atoms with E-state index in [2.05, 4.69) is 21.2 Å². The van der Waals surface area contributed by atoms with Crippen molar-refractivity contribution in [3.63, 3.8) is 0 Å². The fraction of sp³-hybridized carbons (Fsp3) is 0.130. The number of nitrogens with one attached hydrogen (secondary N) is 1. The Labute approximate surface area is 192 Å². The van der Waals surface area contributed by atoms with E-state index in [9.17, 15) is 9.59 Å². The lowest BCUT2D eigenvalue weighted by Gasteiger charge is -2.24. The fourth-order valence-electron chi connectivity index (χ4n) is 3.22. The molecule has 0 unspecified atom stereocenters. The second-order valence-corrected chi connectivity index (χ2v) is 9.32. The highest BCUT2D eigenvalue weighted by molar-refractivity contribution is 9.10. The molecule has 4 nitrogen and oxygen atoms in total. The number of anilines is 1. The molecule has 3 aromatic rings. The maximum Gasteiger partial charge on any atom is 0.255 e. The minimum Gasteiger partial charge on any atom is -0.322 e. The third-order valence-corrected chi connectivity index (χ3v) is 6.83. The molecular weight excluding hydrogens is 484 g/mol. The van der Waals surface area contributed by atoms with Crippen LogP contribution in [0, 0.1) is 0 Å². The van der Waals surface area contributed by atoms with Crippen LogP contribution in [-0.4, -0.2) is 22.5 Å². The SMILES string of the molecule is O=C(Nc1ccc(Br)cc1)c1ccc([C@H]2SCC(=O)N2Cc2ccc(Cl)cc2)cc1. The number of hydrogen-bond donors (Lipinski definition) is 1. The van der Waals surface area contributed by atoms with Crippen LogP contribution in [0.2, 0.25) is 5.02 Å². The Morgan fingerprint density at radius 1 is 1.03 bits per heavy atom. The van der Waals surface area contributed by atoms with Crippen molar-refractivity contribution in [3.05, 3.63) is 99.0 Å². The second kappa shape index (κ2) is 9.25. The quantitative estimate of drug-likeness (QED) is 0.457. The van der Waals surface area contributed by atoms with E-state index in [4.69, 9.17) is 11.6 Å². The summed E-state index contributed by atoms with van der Waals surface area (Å²) < 4.78 is 0.955. The number of nitrogens with zero attached hydrogens (tertiary/aromatic N) is 1. The standard InChI is InChI=1S/C23H18BrClN2O2S/c24-18-7-11-20(12-8-18)26-22(29)16-3-5-17(6-4-16)23-27(21(28)14-30-23)13-15-1-9-19(25)10-2-15/h1-12,23H,13-14H2,(H,26,29)/t23-/m1/s1. The molecule has 152 valence electrons. The molecule has 0 radical (unpaired) electrons. The fourth-order valence-corrected chi connectivity index (χ4v) is 4.80. The second-order valence-electron chi connectivity index (χ2n) is 6.89. The van der Waals surface area contributed by atoms with E-state index in [1.807, 2.05) is 65.6 Å². The van der Waals surface area contributed by atoms with Crippen molar-refractivity contribution in [1.82, 2.24) is 4.90 Å². The van der Waals surface area contributed by atoms with Crippen LogP contribution >= 0.6 is 39.3 Å². The molecule has 2 amide bonds. The Morgan fingerprint density at radius 2 is 1.70 bits per heavy atom. The molecule has 1 heterocycles. The summed E-state index contributed by atoms with van der Waals surface area (Å²) in [4.78, 5) is 26.8. The van der Waals surface area contributed by atoms with E-state index >= 15 is 0 Å². The lowest BCUT2D eigenvalue weighted by molar-refractivity contribution is -0.128. The zero-order valence-corrected chi connectivity index (χ0v) is 19.0. The van der Waals surface area contributed by atoms with Crippen LogP contribution < -0.4 is 5.32 Å². The summed E-state index contributed by atoms with van der Waals surface area (Å²) in [5, 5.41) is 3.49. The topological polar surface area (TPSA) is 49.4 Å². The van der Waals surface area contributed by atoms with E-state index in [-0.39, 0.29) is 17.2 Å². The molecule has 30 heavy (non-hydrogen) atoms. The number of hydrogen-bond acceptors (Lipinski definition) is 3. The van der Waals surface area contributed by atoms with Gasteiger partial charge in [0.15, 0.2) is 0 Å². The van der Waals surface area contributed by atoms with Crippen LogP contribution in [-0.2, 0) is 11.3 Å². The van der Waals surface area contributed by atoms with Crippen molar-refractivity contribution >= 4 is 56.8 Å². The van der Waals surface area contributed by atoms with Crippen LogP contribution in [0.15, 0.2) is 77.3 Å². The Morgan fingerprint density at radius 3 is 2.37 bits per heavy atom. The van der Waals surface area contributed by atoms with Gasteiger partial charge in [-0.15, -0.1) is 11.8 Å². The van der Waals surface area contributed by atoms with E-state index in [1.165, 1.54) is 0 Å². The first-order valence-corrected chi connectivity index (χ1v) is 11.5. The molecule has 1 saturated heterocycles. The van der Waals surface area contributed by atoms with Crippen LogP contribution in [0.1, 0.15) is 26.9 Å². The average molecular weight is 502 g/mol. The molecule has 0 aliphatic carbocycles. The summed E-state index contributed by atoms with van der Waals surface area (Å²) in [6.45, 7) is 0.527. The molecule has 1 fully saturated rings. The van der Waals surface area contributed by atoms with E-state index in [0.717, 1.165) is 21.3 Å². The molecule has 3 aromatic carbocycles. The Hall–Kier alpha value is -2.28. The van der Waals surface area contributed by atoms with Crippen molar-refractivity contribution in [2.75, 3.05) is 11.1 Å². The highest BCUT2D eigenvalue weighted by atomic mass is 79.9. The minimum absolute atomic E-state index is 0.0724. The Balaban J connectivity index is 1.46. The van der Waals surface area contributed by atoms with Gasteiger partial charge < -0.3 is 10.2 Å². The minimum atomic E-state index is -0.169. The summed E-state index contributed by atoms with van der Waals surface area (Å²) in [6, 6.07) is 22.4. The van der Waals surface area contributed by atoms with Gasteiger partial charge in [-0.25, -0.2) is 0 Å². The molecule has 7 heteroatoms. The highest BCUT2D eigenvalue weighted by Gasteiger charge is 2.32. The zero-order valence-electron chi connectivity index (χ0n) is 15.8. The molecular formula is C23H18BrClN2O2S. The summed E-state index contributed by atoms with van der Waals surface area (Å²) >= 11 is 10.9. The Kier molecular flexibility index (Phi) is 6.46. The first kappa shape index (κ1) is 21.0. The molecule has 1 aliphatic heterocycles. The lowest BCUT2D eigenvalue weighted by atomic mass is 10.1. The molecule has 1 atom stereocenters. The van der Waals surface area contributed by atoms with E-state index < -0.39 is 0 Å². The first-order valence-electron chi connectivity index (χ1n) is 9.32. The van der Waals surface area contributed by atoms with E-state index in [1.54, 1.807) is 23.9 Å². The van der Waals surface area contributed by atoms with Gasteiger partial charge in [0.2, 0.25) is 5.91 Å². The third kappa shape index (κ3) is 4.89. The van der Waals surface area contributed by atoms with Crippen molar-refractivity contribution in [2.24, 2.45) is 0 Å². The van der Waals surface area contributed by atoms with Crippen LogP contribution in [0.25, 0.3) is 0 Å². The zero-order chi connectivity index (χ0) is 21.1. The molecule has 1 aliphatic rings. The normalized spacial score (nSPS) is 16.0. The number of amides is 2. The smallest absolute Gasteiger partial charge is 0.255 e. The number of rotatable bonds is 5. The first-order chi connectivity index (χ1) is 14.5. The summed E-state index contributed by atoms with van der Waals surface area (Å²) in [6.07, 6.45) is 0. The van der Waals surface area contributed by atoms with Gasteiger partial charge in [0, 0.05) is 27.3 Å². The van der Waals surface area contributed by atoms with Crippen LogP contribution in [0.4, 0.5) is 5.69 Å². The number of benzene rings is 3. The monoisotopic (exact) mass is 500 g/mol. The van der Waals surface area contributed by atoms with Crippen LogP contribution in [0.3, 0.4) is 0 Å². The van der Waals surface area contributed by atoms with Gasteiger partial charge in [-0.3, -0.25) is 9.59 Å². The van der Waals surface area contributed by atoms with Crippen molar-refractivity contribution in [3.8, 4) is 0 Å².